The minimum absolute atomic E-state index is 0.0238. The van der Waals surface area contributed by atoms with E-state index in [4.69, 9.17) is 18.8 Å². The van der Waals surface area contributed by atoms with Crippen LogP contribution < -0.4 is 15.5 Å². The summed E-state index contributed by atoms with van der Waals surface area (Å²) in [6.07, 6.45) is -4.25. The summed E-state index contributed by atoms with van der Waals surface area (Å²) in [4.78, 5) is 11.5. The lowest BCUT2D eigenvalue weighted by molar-refractivity contribution is 0.00578. The Morgan fingerprint density at radius 3 is 2.38 bits per heavy atom. The predicted molar refractivity (Wildman–Crippen MR) is 104 cm³/mol. The van der Waals surface area contributed by atoms with Crippen molar-refractivity contribution in [3.8, 4) is 5.88 Å². The van der Waals surface area contributed by atoms with E-state index in [1.54, 1.807) is 20.9 Å². The van der Waals surface area contributed by atoms with Gasteiger partial charge in [0.15, 0.2) is 0 Å². The summed E-state index contributed by atoms with van der Waals surface area (Å²) in [7, 11) is 0.685. The molecule has 164 valence electrons. The Morgan fingerprint density at radius 2 is 1.86 bits per heavy atom. The number of ether oxygens (including phenoxy) is 2. The molecular weight excluding hydrogens is 387 g/mol. The Morgan fingerprint density at radius 1 is 1.28 bits per heavy atom. The molecule has 1 saturated heterocycles. The lowest BCUT2D eigenvalue weighted by atomic mass is 9.78. The molecule has 2 heterocycles. The molecule has 1 aromatic rings. The van der Waals surface area contributed by atoms with Crippen LogP contribution in [0.5, 0.6) is 5.88 Å². The van der Waals surface area contributed by atoms with Crippen molar-refractivity contribution in [1.29, 1.82) is 0 Å². The SMILES string of the molecule is CCNC(=O)OC[C@H](C)Oc1c(B2OC(C)(C)C(C)(C)O2)c(CC(F)F)nn1C. The van der Waals surface area contributed by atoms with Crippen LogP contribution >= 0.6 is 0 Å². The molecule has 0 radical (unpaired) electrons. The molecule has 2 rings (SSSR count). The van der Waals surface area contributed by atoms with Crippen LogP contribution in [-0.4, -0.2) is 59.9 Å². The number of carbonyl (C=O) groups is 1. The van der Waals surface area contributed by atoms with Gasteiger partial charge in [-0.05, 0) is 41.5 Å². The summed E-state index contributed by atoms with van der Waals surface area (Å²) in [5.41, 5.74) is -0.830. The lowest BCUT2D eigenvalue weighted by Gasteiger charge is -2.32. The van der Waals surface area contributed by atoms with Gasteiger partial charge in [-0.25, -0.2) is 18.3 Å². The van der Waals surface area contributed by atoms with Gasteiger partial charge in [0.2, 0.25) is 12.3 Å². The van der Waals surface area contributed by atoms with E-state index in [1.807, 2.05) is 27.7 Å². The van der Waals surface area contributed by atoms with Crippen LogP contribution in [0.4, 0.5) is 13.6 Å². The second-order valence-corrected chi connectivity index (χ2v) is 8.03. The Kier molecular flexibility index (Phi) is 7.16. The average molecular weight is 417 g/mol. The molecule has 8 nitrogen and oxygen atoms in total. The third kappa shape index (κ3) is 5.39. The minimum atomic E-state index is -2.59. The molecule has 0 spiro atoms. The highest BCUT2D eigenvalue weighted by Crippen LogP contribution is 2.37. The number of aromatic nitrogens is 2. The molecule has 1 aliphatic rings. The number of nitrogens with zero attached hydrogens (tertiary/aromatic N) is 2. The van der Waals surface area contributed by atoms with Crippen molar-refractivity contribution in [1.82, 2.24) is 15.1 Å². The molecule has 0 aromatic carbocycles. The fourth-order valence-corrected chi connectivity index (χ4v) is 2.83. The number of alkyl carbamates (subject to hydrolysis) is 1. The first kappa shape index (κ1) is 23.4. The van der Waals surface area contributed by atoms with Gasteiger partial charge in [-0.1, -0.05) is 0 Å². The van der Waals surface area contributed by atoms with Crippen molar-refractivity contribution in [3.63, 3.8) is 0 Å². The smallest absolute Gasteiger partial charge is 0.471 e. The number of amides is 1. The van der Waals surface area contributed by atoms with Gasteiger partial charge >= 0.3 is 13.2 Å². The largest absolute Gasteiger partial charge is 0.502 e. The number of aryl methyl sites for hydroxylation is 1. The maximum Gasteiger partial charge on any atom is 0.502 e. The van der Waals surface area contributed by atoms with Crippen LogP contribution in [0.1, 0.15) is 47.2 Å². The van der Waals surface area contributed by atoms with Gasteiger partial charge in [0, 0.05) is 13.6 Å². The summed E-state index contributed by atoms with van der Waals surface area (Å²) in [6, 6.07) is 0. The molecule has 1 aliphatic heterocycles. The van der Waals surface area contributed by atoms with Crippen molar-refractivity contribution >= 4 is 18.7 Å². The molecule has 1 N–H and O–H groups in total. The van der Waals surface area contributed by atoms with Crippen LogP contribution in [0.2, 0.25) is 0 Å². The molecule has 1 aromatic heterocycles. The van der Waals surface area contributed by atoms with E-state index in [0.29, 0.717) is 12.0 Å². The van der Waals surface area contributed by atoms with Crippen molar-refractivity contribution < 1.29 is 32.4 Å². The number of hydrogen-bond acceptors (Lipinski definition) is 6. The van der Waals surface area contributed by atoms with Crippen molar-refractivity contribution in [2.24, 2.45) is 7.05 Å². The Balaban J connectivity index is 2.28. The van der Waals surface area contributed by atoms with E-state index < -0.39 is 43.4 Å². The molecule has 0 saturated carbocycles. The van der Waals surface area contributed by atoms with Crippen LogP contribution in [0.15, 0.2) is 0 Å². The average Bonchev–Trinajstić information content (AvgIpc) is 2.97. The molecule has 1 amide bonds. The fraction of sp³-hybridized carbons (Fsp3) is 0.778. The van der Waals surface area contributed by atoms with Crippen LogP contribution in [0.3, 0.4) is 0 Å². The van der Waals surface area contributed by atoms with Crippen LogP contribution in [0.25, 0.3) is 0 Å². The van der Waals surface area contributed by atoms with Gasteiger partial charge in [0.05, 0.1) is 28.8 Å². The zero-order valence-electron chi connectivity index (χ0n) is 18.0. The first-order valence-corrected chi connectivity index (χ1v) is 9.64. The maximum absolute atomic E-state index is 13.1. The topological polar surface area (TPSA) is 83.8 Å². The van der Waals surface area contributed by atoms with E-state index >= 15 is 0 Å². The monoisotopic (exact) mass is 417 g/mol. The summed E-state index contributed by atoms with van der Waals surface area (Å²) < 4.78 is 50.7. The van der Waals surface area contributed by atoms with Gasteiger partial charge in [-0.15, -0.1) is 0 Å². The molecule has 1 atom stereocenters. The first-order valence-electron chi connectivity index (χ1n) is 9.64. The Bertz CT molecular complexity index is 711. The number of halogens is 2. The first-order chi connectivity index (χ1) is 13.4. The Hall–Kier alpha value is -1.88. The molecule has 11 heteroatoms. The zero-order chi connectivity index (χ0) is 22.0. The third-order valence-corrected chi connectivity index (χ3v) is 5.03. The van der Waals surface area contributed by atoms with Crippen LogP contribution in [0, 0.1) is 0 Å². The van der Waals surface area contributed by atoms with Gasteiger partial charge in [-0.3, -0.25) is 0 Å². The van der Waals surface area contributed by atoms with Crippen molar-refractivity contribution in [2.75, 3.05) is 13.2 Å². The van der Waals surface area contributed by atoms with Crippen molar-refractivity contribution in [2.45, 2.75) is 71.7 Å². The van der Waals surface area contributed by atoms with Gasteiger partial charge in [-0.2, -0.15) is 5.10 Å². The maximum atomic E-state index is 13.1. The summed E-state index contributed by atoms with van der Waals surface area (Å²) >= 11 is 0. The van der Waals surface area contributed by atoms with Crippen LogP contribution in [-0.2, 0) is 27.5 Å². The third-order valence-electron chi connectivity index (χ3n) is 5.03. The number of carbonyl (C=O) groups excluding carboxylic acids is 1. The predicted octanol–water partition coefficient (Wildman–Crippen LogP) is 2.04. The molecule has 0 bridgehead atoms. The molecular formula is C18H30BF2N3O5. The highest BCUT2D eigenvalue weighted by Gasteiger charge is 2.54. The highest BCUT2D eigenvalue weighted by molar-refractivity contribution is 6.63. The normalized spacial score (nSPS) is 18.8. The number of rotatable bonds is 8. The lowest BCUT2D eigenvalue weighted by Crippen LogP contribution is -2.41. The number of alkyl halides is 2. The number of hydrogen-bond donors (Lipinski definition) is 1. The highest BCUT2D eigenvalue weighted by atomic mass is 19.3. The Labute approximate surface area is 170 Å². The van der Waals surface area contributed by atoms with E-state index in [2.05, 4.69) is 10.4 Å². The molecule has 1 fully saturated rings. The van der Waals surface area contributed by atoms with Crippen molar-refractivity contribution in [3.05, 3.63) is 5.69 Å². The summed E-state index contributed by atoms with van der Waals surface area (Å²) in [5, 5.41) is 6.72. The molecule has 0 unspecified atom stereocenters. The van der Waals surface area contributed by atoms with Gasteiger partial charge < -0.3 is 24.1 Å². The van der Waals surface area contributed by atoms with Gasteiger partial charge in [0.25, 0.3) is 0 Å². The second-order valence-electron chi connectivity index (χ2n) is 8.03. The number of nitrogens with one attached hydrogen (secondary N) is 1. The molecule has 0 aliphatic carbocycles. The fourth-order valence-electron chi connectivity index (χ4n) is 2.83. The minimum Gasteiger partial charge on any atom is -0.471 e. The summed E-state index contributed by atoms with van der Waals surface area (Å²) in [6.45, 7) is 11.4. The zero-order valence-corrected chi connectivity index (χ0v) is 18.0. The quantitative estimate of drug-likeness (QED) is 0.652. The second kappa shape index (κ2) is 8.87. The summed E-state index contributed by atoms with van der Waals surface area (Å²) in [5.74, 6) is 0.242. The van der Waals surface area contributed by atoms with E-state index in [9.17, 15) is 13.6 Å². The standard InChI is InChI=1S/C18H30BF2N3O5/c1-8-22-16(25)26-10-11(2)27-15-14(12(9-13(20)21)23-24(15)7)19-28-17(3,4)18(5,6)29-19/h11,13H,8-10H2,1-7H3,(H,22,25)/t11-/m0/s1. The van der Waals surface area contributed by atoms with E-state index in [0.717, 1.165) is 0 Å². The molecule has 29 heavy (non-hydrogen) atoms. The van der Waals surface area contributed by atoms with E-state index in [-0.39, 0.29) is 18.2 Å². The van der Waals surface area contributed by atoms with E-state index in [1.165, 1.54) is 4.68 Å². The van der Waals surface area contributed by atoms with Gasteiger partial charge in [0.1, 0.15) is 12.7 Å².